The summed E-state index contributed by atoms with van der Waals surface area (Å²) in [6, 6.07) is 0. The summed E-state index contributed by atoms with van der Waals surface area (Å²) in [5.74, 6) is 0. The highest BCUT2D eigenvalue weighted by atomic mass is 16.7. The van der Waals surface area contributed by atoms with Gasteiger partial charge < -0.3 is 19.3 Å². The minimum Gasteiger partial charge on any atom is -0.385 e. The van der Waals surface area contributed by atoms with E-state index in [-0.39, 0.29) is 6.10 Å². The van der Waals surface area contributed by atoms with Gasteiger partial charge in [0.1, 0.15) is 6.10 Å². The molecular weight excluding hydrogens is 148 g/mol. The molecule has 0 aromatic heterocycles. The molecule has 0 radical (unpaired) electrons. The maximum atomic E-state index is 9.45. The lowest BCUT2D eigenvalue weighted by Gasteiger charge is -2.32. The van der Waals surface area contributed by atoms with Crippen LogP contribution in [-0.2, 0) is 14.2 Å². The molecule has 4 nitrogen and oxygen atoms in total. The zero-order chi connectivity index (χ0) is 8.27. The van der Waals surface area contributed by atoms with Crippen molar-refractivity contribution in [3.8, 4) is 0 Å². The van der Waals surface area contributed by atoms with Crippen LogP contribution in [0.15, 0.2) is 0 Å². The molecule has 3 unspecified atom stereocenters. The van der Waals surface area contributed by atoms with Crippen LogP contribution in [0.25, 0.3) is 0 Å². The van der Waals surface area contributed by atoms with Gasteiger partial charge in [0.15, 0.2) is 6.29 Å². The van der Waals surface area contributed by atoms with Crippen molar-refractivity contribution in [2.45, 2.75) is 24.9 Å². The Morgan fingerprint density at radius 2 is 2.09 bits per heavy atom. The first kappa shape index (κ1) is 8.93. The molecule has 0 saturated carbocycles. The van der Waals surface area contributed by atoms with Gasteiger partial charge in [-0.3, -0.25) is 0 Å². The summed E-state index contributed by atoms with van der Waals surface area (Å²) >= 11 is 0. The van der Waals surface area contributed by atoms with E-state index >= 15 is 0 Å². The van der Waals surface area contributed by atoms with Crippen LogP contribution in [0, 0.1) is 0 Å². The van der Waals surface area contributed by atoms with Gasteiger partial charge >= 0.3 is 0 Å². The number of aliphatic hydroxyl groups is 1. The van der Waals surface area contributed by atoms with Crippen LogP contribution in [0.5, 0.6) is 0 Å². The van der Waals surface area contributed by atoms with E-state index in [1.54, 1.807) is 7.11 Å². The summed E-state index contributed by atoms with van der Waals surface area (Å²) in [4.78, 5) is 0. The van der Waals surface area contributed by atoms with Crippen LogP contribution < -0.4 is 0 Å². The van der Waals surface area contributed by atoms with Crippen molar-refractivity contribution >= 4 is 0 Å². The zero-order valence-electron chi connectivity index (χ0n) is 6.82. The summed E-state index contributed by atoms with van der Waals surface area (Å²) in [5.41, 5.74) is 0. The molecule has 4 heteroatoms. The SMILES string of the molecule is COC1CCOC(OC)C1O. The Balaban J connectivity index is 2.45. The van der Waals surface area contributed by atoms with Gasteiger partial charge in [-0.2, -0.15) is 0 Å². The highest BCUT2D eigenvalue weighted by Gasteiger charge is 2.32. The summed E-state index contributed by atoms with van der Waals surface area (Å²) in [5, 5.41) is 9.45. The van der Waals surface area contributed by atoms with Gasteiger partial charge in [-0.15, -0.1) is 0 Å². The van der Waals surface area contributed by atoms with E-state index in [9.17, 15) is 5.11 Å². The molecule has 1 N–H and O–H groups in total. The minimum absolute atomic E-state index is 0.159. The average molecular weight is 162 g/mol. The second-order valence-corrected chi connectivity index (χ2v) is 2.53. The molecule has 0 bridgehead atoms. The van der Waals surface area contributed by atoms with Crippen molar-refractivity contribution < 1.29 is 19.3 Å². The third kappa shape index (κ3) is 1.90. The first-order valence-corrected chi connectivity index (χ1v) is 3.65. The van der Waals surface area contributed by atoms with E-state index in [4.69, 9.17) is 14.2 Å². The standard InChI is InChI=1S/C7H14O4/c1-9-5-3-4-11-7(10-2)6(5)8/h5-8H,3-4H2,1-2H3. The number of aliphatic hydroxyl groups excluding tert-OH is 1. The smallest absolute Gasteiger partial charge is 0.185 e. The number of hydrogen-bond acceptors (Lipinski definition) is 4. The molecular formula is C7H14O4. The van der Waals surface area contributed by atoms with E-state index in [0.29, 0.717) is 6.61 Å². The highest BCUT2D eigenvalue weighted by molar-refractivity contribution is 4.76. The molecule has 1 fully saturated rings. The molecule has 0 spiro atoms. The lowest BCUT2D eigenvalue weighted by Crippen LogP contribution is -2.46. The largest absolute Gasteiger partial charge is 0.385 e. The van der Waals surface area contributed by atoms with Crippen molar-refractivity contribution in [2.75, 3.05) is 20.8 Å². The molecule has 1 aliphatic rings. The maximum absolute atomic E-state index is 9.45. The van der Waals surface area contributed by atoms with Crippen LogP contribution in [0.3, 0.4) is 0 Å². The van der Waals surface area contributed by atoms with E-state index in [2.05, 4.69) is 0 Å². The van der Waals surface area contributed by atoms with Gasteiger partial charge in [-0.05, 0) is 6.42 Å². The fourth-order valence-electron chi connectivity index (χ4n) is 1.21. The Morgan fingerprint density at radius 3 is 2.64 bits per heavy atom. The van der Waals surface area contributed by atoms with Gasteiger partial charge in [0.2, 0.25) is 0 Å². The molecule has 3 atom stereocenters. The Labute approximate surface area is 66.1 Å². The van der Waals surface area contributed by atoms with Gasteiger partial charge in [0, 0.05) is 14.2 Å². The summed E-state index contributed by atoms with van der Waals surface area (Å²) in [7, 11) is 3.08. The predicted molar refractivity (Wildman–Crippen MR) is 38.2 cm³/mol. The van der Waals surface area contributed by atoms with Crippen molar-refractivity contribution in [1.82, 2.24) is 0 Å². The second-order valence-electron chi connectivity index (χ2n) is 2.53. The van der Waals surface area contributed by atoms with E-state index in [0.717, 1.165) is 6.42 Å². The first-order chi connectivity index (χ1) is 5.29. The number of methoxy groups -OCH3 is 2. The Morgan fingerprint density at radius 1 is 1.36 bits per heavy atom. The molecule has 0 aliphatic carbocycles. The quantitative estimate of drug-likeness (QED) is 0.608. The van der Waals surface area contributed by atoms with Crippen LogP contribution in [-0.4, -0.2) is 44.4 Å². The number of rotatable bonds is 2. The first-order valence-electron chi connectivity index (χ1n) is 3.65. The third-order valence-electron chi connectivity index (χ3n) is 1.88. The molecule has 1 rings (SSSR count). The fraction of sp³-hybridized carbons (Fsp3) is 1.00. The Hall–Kier alpha value is -0.160. The molecule has 0 amide bonds. The van der Waals surface area contributed by atoms with Crippen molar-refractivity contribution in [3.05, 3.63) is 0 Å². The van der Waals surface area contributed by atoms with Crippen LogP contribution in [0.4, 0.5) is 0 Å². The van der Waals surface area contributed by atoms with Crippen molar-refractivity contribution in [2.24, 2.45) is 0 Å². The van der Waals surface area contributed by atoms with Gasteiger partial charge in [0.05, 0.1) is 12.7 Å². The lowest BCUT2D eigenvalue weighted by molar-refractivity contribution is -0.236. The second kappa shape index (κ2) is 4.01. The fourth-order valence-corrected chi connectivity index (χ4v) is 1.21. The zero-order valence-corrected chi connectivity index (χ0v) is 6.82. The predicted octanol–water partition coefficient (Wildman–Crippen LogP) is -0.245. The Kier molecular flexibility index (Phi) is 3.26. The summed E-state index contributed by atoms with van der Waals surface area (Å²) < 4.78 is 15.0. The monoisotopic (exact) mass is 162 g/mol. The molecule has 11 heavy (non-hydrogen) atoms. The summed E-state index contributed by atoms with van der Waals surface area (Å²) in [6.45, 7) is 0.577. The summed E-state index contributed by atoms with van der Waals surface area (Å²) in [6.07, 6.45) is -0.640. The number of ether oxygens (including phenoxy) is 3. The van der Waals surface area contributed by atoms with Crippen LogP contribution in [0.2, 0.25) is 0 Å². The van der Waals surface area contributed by atoms with Crippen molar-refractivity contribution in [1.29, 1.82) is 0 Å². The molecule has 1 saturated heterocycles. The van der Waals surface area contributed by atoms with E-state index < -0.39 is 12.4 Å². The molecule has 1 aliphatic heterocycles. The normalized spacial score (nSPS) is 39.0. The van der Waals surface area contributed by atoms with Gasteiger partial charge in [-0.25, -0.2) is 0 Å². The van der Waals surface area contributed by atoms with E-state index in [1.807, 2.05) is 0 Å². The average Bonchev–Trinajstić information content (AvgIpc) is 2.05. The Bertz CT molecular complexity index is 105. The minimum atomic E-state index is -0.668. The van der Waals surface area contributed by atoms with Crippen molar-refractivity contribution in [3.63, 3.8) is 0 Å². The highest BCUT2D eigenvalue weighted by Crippen LogP contribution is 2.17. The number of hydrogen-bond donors (Lipinski definition) is 1. The maximum Gasteiger partial charge on any atom is 0.185 e. The lowest BCUT2D eigenvalue weighted by atomic mass is 10.1. The van der Waals surface area contributed by atoms with Gasteiger partial charge in [0.25, 0.3) is 0 Å². The van der Waals surface area contributed by atoms with Gasteiger partial charge in [-0.1, -0.05) is 0 Å². The van der Waals surface area contributed by atoms with Crippen LogP contribution >= 0.6 is 0 Å². The van der Waals surface area contributed by atoms with E-state index in [1.165, 1.54) is 7.11 Å². The molecule has 0 aromatic carbocycles. The van der Waals surface area contributed by atoms with Crippen LogP contribution in [0.1, 0.15) is 6.42 Å². The third-order valence-corrected chi connectivity index (χ3v) is 1.88. The molecule has 1 heterocycles. The topological polar surface area (TPSA) is 47.9 Å². The molecule has 0 aromatic rings. The molecule has 66 valence electrons.